The molecule has 148 valence electrons. The van der Waals surface area contributed by atoms with E-state index in [1.54, 1.807) is 0 Å². The Hall–Kier alpha value is -0.210. The van der Waals surface area contributed by atoms with Crippen molar-refractivity contribution in [2.75, 3.05) is 31.8 Å². The van der Waals surface area contributed by atoms with Crippen molar-refractivity contribution in [3.05, 3.63) is 0 Å². The van der Waals surface area contributed by atoms with Crippen molar-refractivity contribution in [1.29, 1.82) is 0 Å². The van der Waals surface area contributed by atoms with Crippen LogP contribution in [0, 0.1) is 0 Å². The Morgan fingerprint density at radius 1 is 0.958 bits per heavy atom. The molecule has 0 bridgehead atoms. The van der Waals surface area contributed by atoms with Crippen LogP contribution in [0.15, 0.2) is 0 Å². The fourth-order valence-electron chi connectivity index (χ4n) is 3.08. The Balaban J connectivity index is 0. The van der Waals surface area contributed by atoms with E-state index in [0.717, 1.165) is 0 Å². The van der Waals surface area contributed by atoms with Crippen LogP contribution in [0.5, 0.6) is 0 Å². The summed E-state index contributed by atoms with van der Waals surface area (Å²) in [5.41, 5.74) is 0. The van der Waals surface area contributed by atoms with Gasteiger partial charge in [0.05, 0.1) is 0 Å². The molecule has 0 radical (unpaired) electrons. The Kier molecular flexibility index (Phi) is 19.1. The number of halogens is 1. The predicted molar refractivity (Wildman–Crippen MR) is 106 cm³/mol. The van der Waals surface area contributed by atoms with E-state index in [4.69, 9.17) is 4.74 Å². The first kappa shape index (κ1) is 26.0. The summed E-state index contributed by atoms with van der Waals surface area (Å²) >= 11 is 0. The fraction of sp³-hybridized carbons (Fsp3) is 0.947. The van der Waals surface area contributed by atoms with E-state index in [1.165, 1.54) is 70.1 Å². The molecule has 1 unspecified atom stereocenters. The van der Waals surface area contributed by atoms with Gasteiger partial charge in [0.15, 0.2) is 0 Å². The van der Waals surface area contributed by atoms with E-state index >= 15 is 0 Å². The number of hydrogen-bond donors (Lipinski definition) is 0. The summed E-state index contributed by atoms with van der Waals surface area (Å²) in [5.74, 6) is -0.824. The molecule has 0 aromatic heterocycles. The van der Waals surface area contributed by atoms with Crippen LogP contribution in [0.1, 0.15) is 79.6 Å². The first-order valence-corrected chi connectivity index (χ1v) is 12.6. The predicted octanol–water partition coefficient (Wildman–Crippen LogP) is 6.00. The number of methoxy groups -OCH3 is 1. The standard InChI is InChI=1S/C16H37OP.C3H5FO2/c1-6-9-12-18(13-10-7-2,14-11-8-3)15-16(4)17-5;1-2-3(5)6-4/h16,18H,6-15H2,1-5H3;2H2,1H3. The van der Waals surface area contributed by atoms with Crippen molar-refractivity contribution in [3.63, 3.8) is 0 Å². The Labute approximate surface area is 150 Å². The molecule has 0 saturated heterocycles. The third-order valence-electron chi connectivity index (χ3n) is 4.68. The van der Waals surface area contributed by atoms with E-state index in [1.807, 2.05) is 7.11 Å². The van der Waals surface area contributed by atoms with Crippen molar-refractivity contribution in [2.45, 2.75) is 85.7 Å². The van der Waals surface area contributed by atoms with Crippen molar-refractivity contribution in [3.8, 4) is 0 Å². The van der Waals surface area contributed by atoms with Gasteiger partial charge in [-0.05, 0) is 0 Å². The number of carbonyl (C=O) groups is 1. The molecule has 0 saturated carbocycles. The van der Waals surface area contributed by atoms with Crippen LogP contribution < -0.4 is 0 Å². The second-order valence-electron chi connectivity index (χ2n) is 6.86. The number of rotatable bonds is 13. The van der Waals surface area contributed by atoms with Crippen LogP contribution in [-0.2, 0) is 14.5 Å². The molecule has 24 heavy (non-hydrogen) atoms. The van der Waals surface area contributed by atoms with E-state index in [9.17, 15) is 9.32 Å². The Morgan fingerprint density at radius 3 is 1.58 bits per heavy atom. The molecule has 0 heterocycles. The molecule has 0 rings (SSSR count). The molecule has 0 aliphatic rings. The number of ether oxygens (including phenoxy) is 1. The van der Waals surface area contributed by atoms with Gasteiger partial charge in [-0.25, -0.2) is 4.79 Å². The number of unbranched alkanes of at least 4 members (excludes halogenated alkanes) is 3. The normalized spacial score (nSPS) is 13.0. The fourth-order valence-corrected chi connectivity index (χ4v) is 9.14. The van der Waals surface area contributed by atoms with Gasteiger partial charge in [0, 0.05) is 10.9 Å². The van der Waals surface area contributed by atoms with Gasteiger partial charge < -0.3 is 0 Å². The van der Waals surface area contributed by atoms with Crippen molar-refractivity contribution in [1.82, 2.24) is 0 Å². The second kappa shape index (κ2) is 17.6. The number of hydrogen-bond acceptors (Lipinski definition) is 3. The van der Waals surface area contributed by atoms with Crippen molar-refractivity contribution < 1.29 is 19.0 Å². The minimum absolute atomic E-state index is 0.0938. The van der Waals surface area contributed by atoms with Gasteiger partial charge in [0.25, 0.3) is 0 Å². The van der Waals surface area contributed by atoms with Gasteiger partial charge in [0.1, 0.15) is 0 Å². The monoisotopic (exact) mass is 368 g/mol. The zero-order chi connectivity index (χ0) is 18.8. The topological polar surface area (TPSA) is 35.5 Å². The molecular formula is C19H42FO3P. The molecule has 3 nitrogen and oxygen atoms in total. The van der Waals surface area contributed by atoms with E-state index in [-0.39, 0.29) is 6.42 Å². The van der Waals surface area contributed by atoms with Gasteiger partial charge in [-0.1, -0.05) is 6.92 Å². The molecular weight excluding hydrogens is 326 g/mol. The third-order valence-corrected chi connectivity index (χ3v) is 10.4. The molecule has 0 aliphatic heterocycles. The third kappa shape index (κ3) is 14.2. The van der Waals surface area contributed by atoms with Crippen LogP contribution >= 0.6 is 7.26 Å². The van der Waals surface area contributed by atoms with Crippen LogP contribution in [0.25, 0.3) is 0 Å². The number of carbonyl (C=O) groups excluding carboxylic acids is 1. The van der Waals surface area contributed by atoms with E-state index in [0.29, 0.717) is 6.10 Å². The van der Waals surface area contributed by atoms with Crippen LogP contribution in [0.2, 0.25) is 0 Å². The molecule has 1 atom stereocenters. The molecule has 0 aromatic rings. The van der Waals surface area contributed by atoms with Crippen molar-refractivity contribution in [2.24, 2.45) is 0 Å². The summed E-state index contributed by atoms with van der Waals surface area (Å²) in [5, 5.41) is 0. The molecule has 0 fully saturated rings. The van der Waals surface area contributed by atoms with Crippen LogP contribution in [-0.4, -0.2) is 43.8 Å². The summed E-state index contributed by atoms with van der Waals surface area (Å²) in [4.78, 5) is 12.3. The molecule has 0 aromatic carbocycles. The summed E-state index contributed by atoms with van der Waals surface area (Å²) in [6.45, 7) is 10.8. The minimum atomic E-state index is -1.07. The maximum absolute atomic E-state index is 10.5. The van der Waals surface area contributed by atoms with Gasteiger partial charge >= 0.3 is 122 Å². The Morgan fingerprint density at radius 2 is 1.38 bits per heavy atom. The van der Waals surface area contributed by atoms with Gasteiger partial charge in [0.2, 0.25) is 0 Å². The molecule has 5 heteroatoms. The average molecular weight is 369 g/mol. The zero-order valence-electron chi connectivity index (χ0n) is 17.0. The summed E-state index contributed by atoms with van der Waals surface area (Å²) in [6, 6.07) is 0. The van der Waals surface area contributed by atoms with Crippen LogP contribution in [0.3, 0.4) is 0 Å². The Bertz CT molecular complexity index is 260. The quantitative estimate of drug-likeness (QED) is 0.374. The van der Waals surface area contributed by atoms with Gasteiger partial charge in [-0.3, -0.25) is 4.94 Å². The molecule has 0 spiro atoms. The SMILES string of the molecule is CCC(=O)OF.CCCC[PH](CCCC)(CCCC)CC(C)OC. The first-order valence-electron chi connectivity index (χ1n) is 9.79. The van der Waals surface area contributed by atoms with Gasteiger partial charge in [-0.15, -0.1) is 0 Å². The maximum atomic E-state index is 10.5. The molecule has 0 amide bonds. The van der Waals surface area contributed by atoms with E-state index < -0.39 is 13.2 Å². The summed E-state index contributed by atoms with van der Waals surface area (Å²) < 4.78 is 16.1. The first-order chi connectivity index (χ1) is 11.4. The van der Waals surface area contributed by atoms with E-state index in [2.05, 4.69) is 32.6 Å². The molecule has 0 N–H and O–H groups in total. The average Bonchev–Trinajstić information content (AvgIpc) is 2.62. The van der Waals surface area contributed by atoms with Gasteiger partial charge in [-0.2, -0.15) is 0 Å². The second-order valence-corrected chi connectivity index (χ2v) is 11.8. The van der Waals surface area contributed by atoms with Crippen molar-refractivity contribution >= 4 is 13.2 Å². The van der Waals surface area contributed by atoms with Crippen LogP contribution in [0.4, 0.5) is 4.53 Å². The molecule has 0 aliphatic carbocycles. The zero-order valence-corrected chi connectivity index (χ0v) is 18.0. The summed E-state index contributed by atoms with van der Waals surface area (Å²) in [7, 11) is 0.811. The summed E-state index contributed by atoms with van der Waals surface area (Å²) in [6.07, 6.45) is 15.0.